The Kier molecular flexibility index (Phi) is 5.71. The van der Waals surface area contributed by atoms with E-state index in [-0.39, 0.29) is 11.3 Å². The first-order chi connectivity index (χ1) is 12.5. The molecule has 0 aliphatic carbocycles. The number of halogens is 1. The van der Waals surface area contributed by atoms with Crippen molar-refractivity contribution in [2.45, 2.75) is 16.3 Å². The number of phenols is 1. The number of carbonyl (C=O) groups is 1. The molecule has 0 aliphatic heterocycles. The van der Waals surface area contributed by atoms with Gasteiger partial charge in [-0.2, -0.15) is 0 Å². The van der Waals surface area contributed by atoms with Gasteiger partial charge in [-0.3, -0.25) is 0 Å². The van der Waals surface area contributed by atoms with Gasteiger partial charge in [0.15, 0.2) is 0 Å². The molecule has 6 heteroatoms. The Bertz CT molecular complexity index is 946. The zero-order chi connectivity index (χ0) is 18.5. The van der Waals surface area contributed by atoms with Gasteiger partial charge in [0.25, 0.3) is 0 Å². The Balaban J connectivity index is 1.78. The van der Waals surface area contributed by atoms with E-state index in [1.807, 2.05) is 48.5 Å². The lowest BCUT2D eigenvalue weighted by Gasteiger charge is -2.12. The van der Waals surface area contributed by atoms with Crippen molar-refractivity contribution in [3.8, 4) is 5.75 Å². The highest BCUT2D eigenvalue weighted by Crippen LogP contribution is 2.35. The largest absolute Gasteiger partial charge is 0.507 e. The zero-order valence-electron chi connectivity index (χ0n) is 13.6. The molecule has 0 saturated carbocycles. The van der Waals surface area contributed by atoms with Crippen LogP contribution < -0.4 is 5.32 Å². The standard InChI is InChI=1S/C20H16ClNO3S/c21-16-6-2-4-8-19(16)26-18-7-3-1-5-13(18)12-22-14-9-10-17(23)15(11-14)20(24)25/h1-11,22-23H,12H2,(H,24,25). The van der Waals surface area contributed by atoms with E-state index in [2.05, 4.69) is 5.32 Å². The van der Waals surface area contributed by atoms with Crippen LogP contribution in [0.3, 0.4) is 0 Å². The van der Waals surface area contributed by atoms with Crippen molar-refractivity contribution in [1.82, 2.24) is 0 Å². The van der Waals surface area contributed by atoms with Crippen molar-refractivity contribution < 1.29 is 15.0 Å². The number of aromatic hydroxyl groups is 1. The summed E-state index contributed by atoms with van der Waals surface area (Å²) < 4.78 is 0. The molecule has 0 aromatic heterocycles. The van der Waals surface area contributed by atoms with Crippen LogP contribution in [0, 0.1) is 0 Å². The third-order valence-electron chi connectivity index (χ3n) is 3.74. The summed E-state index contributed by atoms with van der Waals surface area (Å²) in [6.45, 7) is 0.511. The molecule has 132 valence electrons. The van der Waals surface area contributed by atoms with E-state index in [9.17, 15) is 9.90 Å². The number of aromatic carboxylic acids is 1. The fraction of sp³-hybridized carbons (Fsp3) is 0.0500. The number of carboxylic acid groups (broad SMARTS) is 1. The first-order valence-corrected chi connectivity index (χ1v) is 9.04. The lowest BCUT2D eigenvalue weighted by Crippen LogP contribution is -2.03. The summed E-state index contributed by atoms with van der Waals surface area (Å²) in [6, 6.07) is 20.0. The molecule has 0 spiro atoms. The van der Waals surface area contributed by atoms with Gasteiger partial charge in [-0.15, -0.1) is 0 Å². The Morgan fingerprint density at radius 3 is 2.42 bits per heavy atom. The molecule has 0 aliphatic rings. The van der Waals surface area contributed by atoms with Gasteiger partial charge >= 0.3 is 5.97 Å². The van der Waals surface area contributed by atoms with Crippen LogP contribution in [0.1, 0.15) is 15.9 Å². The fourth-order valence-electron chi connectivity index (χ4n) is 2.41. The minimum atomic E-state index is -1.17. The van der Waals surface area contributed by atoms with Gasteiger partial charge in [-0.1, -0.05) is 53.7 Å². The van der Waals surface area contributed by atoms with E-state index in [0.29, 0.717) is 17.3 Å². The zero-order valence-corrected chi connectivity index (χ0v) is 15.2. The van der Waals surface area contributed by atoms with E-state index in [1.165, 1.54) is 12.1 Å². The molecule has 3 N–H and O–H groups in total. The molecule has 0 radical (unpaired) electrons. The van der Waals surface area contributed by atoms with Crippen LogP contribution in [0.5, 0.6) is 5.75 Å². The average Bonchev–Trinajstić information content (AvgIpc) is 2.63. The number of hydrogen-bond acceptors (Lipinski definition) is 4. The highest BCUT2D eigenvalue weighted by Gasteiger charge is 2.11. The average molecular weight is 386 g/mol. The first-order valence-electron chi connectivity index (χ1n) is 7.85. The highest BCUT2D eigenvalue weighted by atomic mass is 35.5. The van der Waals surface area contributed by atoms with Gasteiger partial charge in [-0.25, -0.2) is 4.79 Å². The van der Waals surface area contributed by atoms with Crippen LogP contribution in [0.2, 0.25) is 5.02 Å². The maximum atomic E-state index is 11.1. The minimum absolute atomic E-state index is 0.131. The number of rotatable bonds is 6. The molecule has 4 nitrogen and oxygen atoms in total. The minimum Gasteiger partial charge on any atom is -0.507 e. The van der Waals surface area contributed by atoms with Crippen molar-refractivity contribution in [2.75, 3.05) is 5.32 Å². The molecule has 0 bridgehead atoms. The smallest absolute Gasteiger partial charge is 0.339 e. The summed E-state index contributed by atoms with van der Waals surface area (Å²) in [5.74, 6) is -1.42. The van der Waals surface area contributed by atoms with Crippen LogP contribution >= 0.6 is 23.4 Å². The van der Waals surface area contributed by atoms with Crippen LogP contribution in [0.15, 0.2) is 76.5 Å². The van der Waals surface area contributed by atoms with Crippen molar-refractivity contribution in [3.05, 3.63) is 82.9 Å². The van der Waals surface area contributed by atoms with Gasteiger partial charge < -0.3 is 15.5 Å². The molecule has 3 aromatic rings. The molecule has 0 heterocycles. The summed E-state index contributed by atoms with van der Waals surface area (Å²) in [5, 5.41) is 22.6. The van der Waals surface area contributed by atoms with E-state index in [0.717, 1.165) is 15.4 Å². The monoisotopic (exact) mass is 385 g/mol. The van der Waals surface area contributed by atoms with Crippen LogP contribution in [0.25, 0.3) is 0 Å². The molecular formula is C20H16ClNO3S. The summed E-state index contributed by atoms with van der Waals surface area (Å²) >= 11 is 7.83. The summed E-state index contributed by atoms with van der Waals surface area (Å²) in [6.07, 6.45) is 0. The molecule has 0 unspecified atom stereocenters. The quantitative estimate of drug-likeness (QED) is 0.488. The molecule has 0 atom stereocenters. The topological polar surface area (TPSA) is 69.6 Å². The summed E-state index contributed by atoms with van der Waals surface area (Å²) in [4.78, 5) is 13.2. The second kappa shape index (κ2) is 8.17. The fourth-order valence-corrected chi connectivity index (χ4v) is 3.63. The summed E-state index contributed by atoms with van der Waals surface area (Å²) in [7, 11) is 0. The van der Waals surface area contributed by atoms with Crippen molar-refractivity contribution in [2.24, 2.45) is 0 Å². The number of carboxylic acids is 1. The maximum Gasteiger partial charge on any atom is 0.339 e. The van der Waals surface area contributed by atoms with Crippen LogP contribution in [-0.2, 0) is 6.54 Å². The predicted molar refractivity (Wildman–Crippen MR) is 104 cm³/mol. The van der Waals surface area contributed by atoms with Crippen LogP contribution in [-0.4, -0.2) is 16.2 Å². The second-order valence-electron chi connectivity index (χ2n) is 5.53. The molecule has 0 amide bonds. The Morgan fingerprint density at radius 1 is 1.00 bits per heavy atom. The van der Waals surface area contributed by atoms with Crippen LogP contribution in [0.4, 0.5) is 5.69 Å². The van der Waals surface area contributed by atoms with Gasteiger partial charge in [-0.05, 0) is 42.0 Å². The van der Waals surface area contributed by atoms with E-state index in [1.54, 1.807) is 17.8 Å². The predicted octanol–water partition coefficient (Wildman–Crippen LogP) is 5.51. The Morgan fingerprint density at radius 2 is 1.69 bits per heavy atom. The van der Waals surface area contributed by atoms with Gasteiger partial charge in [0, 0.05) is 22.0 Å². The highest BCUT2D eigenvalue weighted by molar-refractivity contribution is 7.99. The normalized spacial score (nSPS) is 10.5. The van der Waals surface area contributed by atoms with Crippen molar-refractivity contribution in [3.63, 3.8) is 0 Å². The lowest BCUT2D eigenvalue weighted by atomic mass is 10.1. The first kappa shape index (κ1) is 18.2. The third-order valence-corrected chi connectivity index (χ3v) is 5.37. The second-order valence-corrected chi connectivity index (χ2v) is 7.02. The SMILES string of the molecule is O=C(O)c1cc(NCc2ccccc2Sc2ccccc2Cl)ccc1O. The molecule has 3 rings (SSSR count). The number of benzene rings is 3. The lowest BCUT2D eigenvalue weighted by molar-refractivity contribution is 0.0694. The Hall–Kier alpha value is -2.63. The number of anilines is 1. The Labute approximate surface area is 160 Å². The molecular weight excluding hydrogens is 370 g/mol. The van der Waals surface area contributed by atoms with E-state index in [4.69, 9.17) is 16.7 Å². The molecule has 0 fully saturated rings. The third kappa shape index (κ3) is 4.31. The molecule has 26 heavy (non-hydrogen) atoms. The van der Waals surface area contributed by atoms with Gasteiger partial charge in [0.2, 0.25) is 0 Å². The number of hydrogen-bond donors (Lipinski definition) is 3. The van der Waals surface area contributed by atoms with E-state index < -0.39 is 5.97 Å². The van der Waals surface area contributed by atoms with Crippen molar-refractivity contribution in [1.29, 1.82) is 0 Å². The van der Waals surface area contributed by atoms with Gasteiger partial charge in [0.05, 0.1) is 5.02 Å². The molecule has 0 saturated heterocycles. The van der Waals surface area contributed by atoms with Crippen molar-refractivity contribution >= 4 is 35.0 Å². The maximum absolute atomic E-state index is 11.1. The van der Waals surface area contributed by atoms with Gasteiger partial charge in [0.1, 0.15) is 11.3 Å². The molecule has 3 aromatic carbocycles. The van der Waals surface area contributed by atoms with E-state index >= 15 is 0 Å². The number of nitrogens with one attached hydrogen (secondary N) is 1. The summed E-state index contributed by atoms with van der Waals surface area (Å²) in [5.41, 5.74) is 1.55.